The maximum atomic E-state index is 6.13. The molecule has 15 heavy (non-hydrogen) atoms. The zero-order chi connectivity index (χ0) is 11.7. The molecule has 0 radical (unpaired) electrons. The first-order chi connectivity index (χ1) is 6.86. The Morgan fingerprint density at radius 2 is 1.40 bits per heavy atom. The molecule has 1 heteroatoms. The summed E-state index contributed by atoms with van der Waals surface area (Å²) in [6.07, 6.45) is 0. The van der Waals surface area contributed by atoms with E-state index in [1.54, 1.807) is 0 Å². The van der Waals surface area contributed by atoms with Gasteiger partial charge in [0.25, 0.3) is 0 Å². The largest absolute Gasteiger partial charge is 0.398 e. The summed E-state index contributed by atoms with van der Waals surface area (Å²) >= 11 is 0. The molecule has 0 saturated carbocycles. The second-order valence-electron chi connectivity index (χ2n) is 5.04. The molecule has 1 rings (SSSR count). The Morgan fingerprint density at radius 3 is 1.80 bits per heavy atom. The van der Waals surface area contributed by atoms with Crippen molar-refractivity contribution in [2.24, 2.45) is 0 Å². The molecule has 0 amide bonds. The highest BCUT2D eigenvalue weighted by molar-refractivity contribution is 5.59. The van der Waals surface area contributed by atoms with Crippen molar-refractivity contribution in [1.29, 1.82) is 0 Å². The number of hydrogen-bond donors (Lipinski definition) is 1. The SMILES string of the molecule is Cc1cc(N)c(C(C)C)c(C(C)C)c1C. The van der Waals surface area contributed by atoms with E-state index in [1.165, 1.54) is 22.3 Å². The van der Waals surface area contributed by atoms with E-state index < -0.39 is 0 Å². The van der Waals surface area contributed by atoms with E-state index in [1.807, 2.05) is 0 Å². The van der Waals surface area contributed by atoms with Crippen LogP contribution in [0.2, 0.25) is 0 Å². The average Bonchev–Trinajstić information content (AvgIpc) is 2.09. The number of nitrogens with two attached hydrogens (primary N) is 1. The van der Waals surface area contributed by atoms with Gasteiger partial charge in [-0.1, -0.05) is 27.7 Å². The van der Waals surface area contributed by atoms with Gasteiger partial charge in [0.2, 0.25) is 0 Å². The van der Waals surface area contributed by atoms with E-state index >= 15 is 0 Å². The van der Waals surface area contributed by atoms with E-state index in [9.17, 15) is 0 Å². The zero-order valence-electron chi connectivity index (χ0n) is 10.8. The van der Waals surface area contributed by atoms with Gasteiger partial charge in [0.1, 0.15) is 0 Å². The molecule has 0 spiro atoms. The van der Waals surface area contributed by atoms with Crippen molar-refractivity contribution in [2.75, 3.05) is 5.73 Å². The second-order valence-corrected chi connectivity index (χ2v) is 5.04. The summed E-state index contributed by atoms with van der Waals surface area (Å²) in [4.78, 5) is 0. The molecule has 0 aromatic heterocycles. The second kappa shape index (κ2) is 4.26. The van der Waals surface area contributed by atoms with E-state index in [4.69, 9.17) is 5.73 Å². The number of hydrogen-bond acceptors (Lipinski definition) is 1. The monoisotopic (exact) mass is 205 g/mol. The predicted molar refractivity (Wildman–Crippen MR) is 68.5 cm³/mol. The van der Waals surface area contributed by atoms with Gasteiger partial charge >= 0.3 is 0 Å². The minimum atomic E-state index is 0.502. The van der Waals surface area contributed by atoms with Crippen LogP contribution in [0, 0.1) is 13.8 Å². The number of nitrogen functional groups attached to an aromatic ring is 1. The third-order valence-corrected chi connectivity index (χ3v) is 3.12. The van der Waals surface area contributed by atoms with Crippen molar-refractivity contribution in [3.05, 3.63) is 28.3 Å². The van der Waals surface area contributed by atoms with Gasteiger partial charge in [-0.3, -0.25) is 0 Å². The fourth-order valence-electron chi connectivity index (χ4n) is 2.38. The minimum Gasteiger partial charge on any atom is -0.398 e. The summed E-state index contributed by atoms with van der Waals surface area (Å²) in [5, 5.41) is 0. The van der Waals surface area contributed by atoms with Gasteiger partial charge in [0.05, 0.1) is 0 Å². The highest BCUT2D eigenvalue weighted by Crippen LogP contribution is 2.35. The Bertz CT molecular complexity index is 362. The lowest BCUT2D eigenvalue weighted by molar-refractivity contribution is 0.783. The lowest BCUT2D eigenvalue weighted by Crippen LogP contribution is -2.07. The maximum Gasteiger partial charge on any atom is 0.0354 e. The Kier molecular flexibility index (Phi) is 3.43. The summed E-state index contributed by atoms with van der Waals surface area (Å²) in [5.41, 5.74) is 12.6. The van der Waals surface area contributed by atoms with Gasteiger partial charge in [0.15, 0.2) is 0 Å². The van der Waals surface area contributed by atoms with Crippen LogP contribution in [0.1, 0.15) is 61.8 Å². The third kappa shape index (κ3) is 2.17. The normalized spacial score (nSPS) is 11.5. The topological polar surface area (TPSA) is 26.0 Å². The summed E-state index contributed by atoms with van der Waals surface area (Å²) in [5.74, 6) is 1.05. The lowest BCUT2D eigenvalue weighted by Gasteiger charge is -2.22. The van der Waals surface area contributed by atoms with Crippen molar-refractivity contribution in [3.63, 3.8) is 0 Å². The van der Waals surface area contributed by atoms with Crippen molar-refractivity contribution >= 4 is 5.69 Å². The highest BCUT2D eigenvalue weighted by Gasteiger charge is 2.16. The summed E-state index contributed by atoms with van der Waals surface area (Å²) in [6, 6.07) is 2.11. The average molecular weight is 205 g/mol. The van der Waals surface area contributed by atoms with Crippen molar-refractivity contribution in [3.8, 4) is 0 Å². The van der Waals surface area contributed by atoms with Crippen LogP contribution in [0.5, 0.6) is 0 Å². The molecule has 1 nitrogen and oxygen atoms in total. The Balaban J connectivity index is 3.54. The van der Waals surface area contributed by atoms with Crippen molar-refractivity contribution < 1.29 is 0 Å². The fourth-order valence-corrected chi connectivity index (χ4v) is 2.38. The van der Waals surface area contributed by atoms with Crippen LogP contribution in [0.4, 0.5) is 5.69 Å². The van der Waals surface area contributed by atoms with Gasteiger partial charge in [-0.2, -0.15) is 0 Å². The van der Waals surface area contributed by atoms with Crippen LogP contribution in [-0.4, -0.2) is 0 Å². The summed E-state index contributed by atoms with van der Waals surface area (Å²) in [7, 11) is 0. The molecule has 0 aliphatic carbocycles. The molecular weight excluding hydrogens is 182 g/mol. The molecule has 1 aromatic carbocycles. The molecule has 0 fully saturated rings. The first kappa shape index (κ1) is 12.1. The van der Waals surface area contributed by atoms with E-state index in [2.05, 4.69) is 47.6 Å². The standard InChI is InChI=1S/C14H23N/c1-8(2)13-11(6)10(5)7-12(15)14(13)9(3)4/h7-9H,15H2,1-6H3. The Labute approximate surface area is 93.7 Å². The third-order valence-electron chi connectivity index (χ3n) is 3.12. The quantitative estimate of drug-likeness (QED) is 0.722. The van der Waals surface area contributed by atoms with Crippen molar-refractivity contribution in [2.45, 2.75) is 53.4 Å². The molecule has 84 valence electrons. The first-order valence-corrected chi connectivity index (χ1v) is 5.75. The number of anilines is 1. The van der Waals surface area contributed by atoms with E-state index in [0.717, 1.165) is 5.69 Å². The molecule has 1 aromatic rings. The molecule has 0 aliphatic rings. The number of rotatable bonds is 2. The van der Waals surface area contributed by atoms with Crippen LogP contribution in [0.3, 0.4) is 0 Å². The lowest BCUT2D eigenvalue weighted by atomic mass is 9.84. The van der Waals surface area contributed by atoms with Gasteiger partial charge in [-0.05, 0) is 54.0 Å². The Hall–Kier alpha value is -0.980. The first-order valence-electron chi connectivity index (χ1n) is 5.75. The molecule has 0 unspecified atom stereocenters. The van der Waals surface area contributed by atoms with E-state index in [0.29, 0.717) is 11.8 Å². The molecule has 0 saturated heterocycles. The molecule has 0 atom stereocenters. The fraction of sp³-hybridized carbons (Fsp3) is 0.571. The maximum absolute atomic E-state index is 6.13. The smallest absolute Gasteiger partial charge is 0.0354 e. The summed E-state index contributed by atoms with van der Waals surface area (Å²) in [6.45, 7) is 13.3. The van der Waals surface area contributed by atoms with Gasteiger partial charge in [-0.15, -0.1) is 0 Å². The Morgan fingerprint density at radius 1 is 0.933 bits per heavy atom. The van der Waals surface area contributed by atoms with Crippen molar-refractivity contribution in [1.82, 2.24) is 0 Å². The van der Waals surface area contributed by atoms with Gasteiger partial charge < -0.3 is 5.73 Å². The van der Waals surface area contributed by atoms with Gasteiger partial charge in [-0.25, -0.2) is 0 Å². The van der Waals surface area contributed by atoms with Gasteiger partial charge in [0, 0.05) is 5.69 Å². The molecular formula is C14H23N. The molecule has 0 heterocycles. The minimum absolute atomic E-state index is 0.502. The van der Waals surface area contributed by atoms with Crippen LogP contribution < -0.4 is 5.73 Å². The summed E-state index contributed by atoms with van der Waals surface area (Å²) < 4.78 is 0. The van der Waals surface area contributed by atoms with Crippen LogP contribution in [-0.2, 0) is 0 Å². The molecule has 0 aliphatic heterocycles. The zero-order valence-corrected chi connectivity index (χ0v) is 10.8. The highest BCUT2D eigenvalue weighted by atomic mass is 14.6. The van der Waals surface area contributed by atoms with E-state index in [-0.39, 0.29) is 0 Å². The van der Waals surface area contributed by atoms with Crippen LogP contribution in [0.25, 0.3) is 0 Å². The molecule has 0 bridgehead atoms. The van der Waals surface area contributed by atoms with Crippen LogP contribution in [0.15, 0.2) is 6.07 Å². The number of benzene rings is 1. The molecule has 2 N–H and O–H groups in total. The number of aryl methyl sites for hydroxylation is 1. The predicted octanol–water partition coefficient (Wildman–Crippen LogP) is 4.13. The van der Waals surface area contributed by atoms with Crippen LogP contribution >= 0.6 is 0 Å².